The molecule has 0 aliphatic carbocycles. The van der Waals surface area contributed by atoms with Crippen LogP contribution in [0.2, 0.25) is 0 Å². The normalized spacial score (nSPS) is 16.9. The number of imidazole rings is 1. The van der Waals surface area contributed by atoms with Crippen molar-refractivity contribution in [3.8, 4) is 5.69 Å². The van der Waals surface area contributed by atoms with Crippen molar-refractivity contribution in [2.45, 2.75) is 32.0 Å². The monoisotopic (exact) mass is 370 g/mol. The van der Waals surface area contributed by atoms with Gasteiger partial charge in [0.25, 0.3) is 5.56 Å². The lowest BCUT2D eigenvalue weighted by atomic mass is 10.2. The Kier molecular flexibility index (Phi) is 4.49. The SMILES string of the molecule is C=CCn1cnc2c1c(=O)n(C[C@@H]1CCCO1)c(=O)n2-c1ccc(F)cc1. The van der Waals surface area contributed by atoms with Crippen molar-refractivity contribution in [3.63, 3.8) is 0 Å². The fourth-order valence-electron chi connectivity index (χ4n) is 3.43. The van der Waals surface area contributed by atoms with E-state index in [1.807, 2.05) is 0 Å². The van der Waals surface area contributed by atoms with Gasteiger partial charge in [0.05, 0.1) is 24.7 Å². The van der Waals surface area contributed by atoms with E-state index in [1.54, 1.807) is 10.6 Å². The van der Waals surface area contributed by atoms with Gasteiger partial charge in [-0.05, 0) is 37.1 Å². The third kappa shape index (κ3) is 3.02. The van der Waals surface area contributed by atoms with Crippen molar-refractivity contribution in [1.82, 2.24) is 18.7 Å². The fourth-order valence-corrected chi connectivity index (χ4v) is 3.43. The maximum absolute atomic E-state index is 13.3. The topological polar surface area (TPSA) is 71.1 Å². The predicted octanol–water partition coefficient (Wildman–Crippen LogP) is 1.85. The van der Waals surface area contributed by atoms with E-state index in [0.717, 1.165) is 12.8 Å². The summed E-state index contributed by atoms with van der Waals surface area (Å²) in [6, 6.07) is 5.51. The second-order valence-corrected chi connectivity index (χ2v) is 6.50. The van der Waals surface area contributed by atoms with Crippen molar-refractivity contribution < 1.29 is 9.13 Å². The van der Waals surface area contributed by atoms with Crippen LogP contribution < -0.4 is 11.2 Å². The summed E-state index contributed by atoms with van der Waals surface area (Å²) in [7, 11) is 0. The number of ether oxygens (including phenoxy) is 1. The maximum atomic E-state index is 13.3. The first kappa shape index (κ1) is 17.4. The van der Waals surface area contributed by atoms with Crippen LogP contribution in [0, 0.1) is 5.82 Å². The average molecular weight is 370 g/mol. The van der Waals surface area contributed by atoms with Crippen molar-refractivity contribution in [1.29, 1.82) is 0 Å². The number of halogens is 1. The van der Waals surface area contributed by atoms with Crippen LogP contribution in [0.25, 0.3) is 16.9 Å². The zero-order valence-electron chi connectivity index (χ0n) is 14.7. The van der Waals surface area contributed by atoms with Crippen LogP contribution in [-0.2, 0) is 17.8 Å². The molecule has 1 atom stereocenters. The number of benzene rings is 1. The first-order valence-corrected chi connectivity index (χ1v) is 8.79. The quantitative estimate of drug-likeness (QED) is 0.643. The molecule has 1 aliphatic heterocycles. The number of allylic oxidation sites excluding steroid dienone is 1. The van der Waals surface area contributed by atoms with E-state index in [0.29, 0.717) is 24.4 Å². The van der Waals surface area contributed by atoms with Gasteiger partial charge >= 0.3 is 5.69 Å². The highest BCUT2D eigenvalue weighted by atomic mass is 19.1. The lowest BCUT2D eigenvalue weighted by molar-refractivity contribution is 0.0950. The van der Waals surface area contributed by atoms with Gasteiger partial charge in [0, 0.05) is 13.2 Å². The minimum Gasteiger partial charge on any atom is -0.376 e. The van der Waals surface area contributed by atoms with Gasteiger partial charge in [-0.1, -0.05) is 6.08 Å². The lowest BCUT2D eigenvalue weighted by Crippen LogP contribution is -2.42. The Bertz CT molecular complexity index is 1100. The molecule has 0 saturated carbocycles. The van der Waals surface area contributed by atoms with Crippen LogP contribution in [0.3, 0.4) is 0 Å². The smallest absolute Gasteiger partial charge is 0.337 e. The highest BCUT2D eigenvalue weighted by Gasteiger charge is 2.23. The zero-order valence-corrected chi connectivity index (χ0v) is 14.7. The van der Waals surface area contributed by atoms with E-state index < -0.39 is 17.1 Å². The molecule has 4 rings (SSSR count). The Labute approximate surface area is 153 Å². The predicted molar refractivity (Wildman–Crippen MR) is 98.7 cm³/mol. The summed E-state index contributed by atoms with van der Waals surface area (Å²) >= 11 is 0. The van der Waals surface area contributed by atoms with Crippen LogP contribution in [0.15, 0.2) is 52.8 Å². The summed E-state index contributed by atoms with van der Waals surface area (Å²) in [5.41, 5.74) is 0.0527. The summed E-state index contributed by atoms with van der Waals surface area (Å²) in [5.74, 6) is -0.409. The number of aromatic nitrogens is 4. The summed E-state index contributed by atoms with van der Waals surface area (Å²) in [4.78, 5) is 30.5. The minimum atomic E-state index is -0.515. The van der Waals surface area contributed by atoms with Gasteiger partial charge in [-0.15, -0.1) is 6.58 Å². The van der Waals surface area contributed by atoms with Gasteiger partial charge < -0.3 is 9.30 Å². The molecule has 2 aromatic heterocycles. The highest BCUT2D eigenvalue weighted by Crippen LogP contribution is 2.16. The Balaban J connectivity index is 2.00. The number of hydrogen-bond donors (Lipinski definition) is 0. The largest absolute Gasteiger partial charge is 0.376 e. The van der Waals surface area contributed by atoms with Gasteiger partial charge in [0.15, 0.2) is 11.2 Å². The molecule has 1 aliphatic rings. The first-order valence-electron chi connectivity index (χ1n) is 8.79. The molecule has 8 heteroatoms. The van der Waals surface area contributed by atoms with Crippen molar-refractivity contribution in [3.05, 3.63) is 69.9 Å². The molecule has 1 fully saturated rings. The van der Waals surface area contributed by atoms with E-state index in [9.17, 15) is 14.0 Å². The van der Waals surface area contributed by atoms with Gasteiger partial charge in [0.2, 0.25) is 0 Å². The highest BCUT2D eigenvalue weighted by molar-refractivity contribution is 5.72. The molecule has 0 unspecified atom stereocenters. The standard InChI is InChI=1S/C19H19FN4O3/c1-2-9-22-12-21-17-16(22)18(25)23(11-15-4-3-10-27-15)19(26)24(17)14-7-5-13(20)6-8-14/h2,5-8,12,15H,1,3-4,9-11H2/t15-/m0/s1. The zero-order chi connectivity index (χ0) is 19.0. The van der Waals surface area contributed by atoms with Crippen LogP contribution >= 0.6 is 0 Å². The summed E-state index contributed by atoms with van der Waals surface area (Å²) in [5, 5.41) is 0. The van der Waals surface area contributed by atoms with E-state index in [1.165, 1.54) is 39.7 Å². The van der Waals surface area contributed by atoms with E-state index in [2.05, 4.69) is 11.6 Å². The molecule has 7 nitrogen and oxygen atoms in total. The van der Waals surface area contributed by atoms with Crippen LogP contribution in [0.5, 0.6) is 0 Å². The molecule has 0 radical (unpaired) electrons. The molecule has 1 aromatic carbocycles. The fraction of sp³-hybridized carbons (Fsp3) is 0.316. The molecule has 1 saturated heterocycles. The molecule has 27 heavy (non-hydrogen) atoms. The van der Waals surface area contributed by atoms with E-state index in [4.69, 9.17) is 4.74 Å². The van der Waals surface area contributed by atoms with Crippen molar-refractivity contribution >= 4 is 11.2 Å². The van der Waals surface area contributed by atoms with E-state index >= 15 is 0 Å². The summed E-state index contributed by atoms with van der Waals surface area (Å²) < 4.78 is 23.1. The number of rotatable bonds is 5. The maximum Gasteiger partial charge on any atom is 0.337 e. The third-order valence-corrected chi connectivity index (χ3v) is 4.72. The lowest BCUT2D eigenvalue weighted by Gasteiger charge is -2.15. The first-order chi connectivity index (χ1) is 13.1. The molecule has 3 aromatic rings. The second kappa shape index (κ2) is 6.96. The third-order valence-electron chi connectivity index (χ3n) is 4.72. The number of hydrogen-bond acceptors (Lipinski definition) is 4. The summed E-state index contributed by atoms with van der Waals surface area (Å²) in [6.45, 7) is 4.88. The molecule has 0 spiro atoms. The second-order valence-electron chi connectivity index (χ2n) is 6.50. The van der Waals surface area contributed by atoms with Crippen molar-refractivity contribution in [2.24, 2.45) is 0 Å². The van der Waals surface area contributed by atoms with Gasteiger partial charge in [0.1, 0.15) is 5.82 Å². The molecule has 0 bridgehead atoms. The molecule has 0 N–H and O–H groups in total. The Morgan fingerprint density at radius 2 is 2.07 bits per heavy atom. The van der Waals surface area contributed by atoms with Gasteiger partial charge in [-0.25, -0.2) is 18.7 Å². The summed E-state index contributed by atoms with van der Waals surface area (Å²) in [6.07, 6.45) is 4.68. The van der Waals surface area contributed by atoms with Crippen LogP contribution in [-0.4, -0.2) is 31.4 Å². The minimum absolute atomic E-state index is 0.175. The van der Waals surface area contributed by atoms with Crippen LogP contribution in [0.1, 0.15) is 12.8 Å². The Hall–Kier alpha value is -3.00. The Morgan fingerprint density at radius 1 is 1.30 bits per heavy atom. The van der Waals surface area contributed by atoms with Gasteiger partial charge in [-0.3, -0.25) is 9.36 Å². The molecular formula is C19H19FN4O3. The molecule has 140 valence electrons. The average Bonchev–Trinajstić information content (AvgIpc) is 3.31. The number of fused-ring (bicyclic) bond motifs is 1. The van der Waals surface area contributed by atoms with Crippen LogP contribution in [0.4, 0.5) is 4.39 Å². The molecule has 0 amide bonds. The Morgan fingerprint density at radius 3 is 2.74 bits per heavy atom. The molecule has 3 heterocycles. The van der Waals surface area contributed by atoms with E-state index in [-0.39, 0.29) is 18.3 Å². The number of nitrogens with zero attached hydrogens (tertiary/aromatic N) is 4. The molecular weight excluding hydrogens is 351 g/mol. The van der Waals surface area contributed by atoms with Crippen molar-refractivity contribution in [2.75, 3.05) is 6.61 Å². The van der Waals surface area contributed by atoms with Gasteiger partial charge in [-0.2, -0.15) is 0 Å².